The van der Waals surface area contributed by atoms with Gasteiger partial charge in [-0.1, -0.05) is 0 Å². The Morgan fingerprint density at radius 2 is 2.43 bits per heavy atom. The summed E-state index contributed by atoms with van der Waals surface area (Å²) in [6.07, 6.45) is 1.39. The second kappa shape index (κ2) is 4.57. The Labute approximate surface area is 81.5 Å². The Kier molecular flexibility index (Phi) is 3.41. The third-order valence-electron chi connectivity index (χ3n) is 1.63. The van der Waals surface area contributed by atoms with E-state index in [-0.39, 0.29) is 24.6 Å². The van der Waals surface area contributed by atoms with E-state index in [9.17, 15) is 4.79 Å². The average molecular weight is 196 g/mol. The Bertz CT molecular complexity index is 339. The van der Waals surface area contributed by atoms with E-state index in [2.05, 4.69) is 4.98 Å². The van der Waals surface area contributed by atoms with E-state index in [0.29, 0.717) is 5.56 Å². The Morgan fingerprint density at radius 1 is 1.71 bits per heavy atom. The third kappa shape index (κ3) is 2.20. The number of carbonyl (C=O) groups is 1. The molecule has 0 atom stereocenters. The predicted molar refractivity (Wildman–Crippen MR) is 50.5 cm³/mol. The van der Waals surface area contributed by atoms with E-state index in [1.54, 1.807) is 6.92 Å². The summed E-state index contributed by atoms with van der Waals surface area (Å²) in [6.45, 7) is 1.83. The molecule has 0 bridgehead atoms. The number of aliphatic hydroxyl groups is 1. The van der Waals surface area contributed by atoms with Crippen LogP contribution in [0.3, 0.4) is 0 Å². The highest BCUT2D eigenvalue weighted by Gasteiger charge is 2.12. The summed E-state index contributed by atoms with van der Waals surface area (Å²) in [5.41, 5.74) is 6.42. The van der Waals surface area contributed by atoms with E-state index < -0.39 is 5.97 Å². The first-order chi connectivity index (χ1) is 6.69. The molecule has 0 aromatic carbocycles. The zero-order chi connectivity index (χ0) is 10.6. The van der Waals surface area contributed by atoms with E-state index in [1.807, 2.05) is 0 Å². The fraction of sp³-hybridized carbons (Fsp3) is 0.333. The lowest BCUT2D eigenvalue weighted by Crippen LogP contribution is -2.10. The molecule has 0 saturated heterocycles. The molecule has 1 aromatic heterocycles. The molecule has 14 heavy (non-hydrogen) atoms. The van der Waals surface area contributed by atoms with Crippen molar-refractivity contribution in [2.75, 3.05) is 12.3 Å². The maximum atomic E-state index is 11.2. The van der Waals surface area contributed by atoms with E-state index >= 15 is 0 Å². The van der Waals surface area contributed by atoms with Crippen LogP contribution in [0.25, 0.3) is 0 Å². The van der Waals surface area contributed by atoms with E-state index in [0.717, 1.165) is 0 Å². The van der Waals surface area contributed by atoms with Crippen molar-refractivity contribution in [3.63, 3.8) is 0 Å². The van der Waals surface area contributed by atoms with Gasteiger partial charge < -0.3 is 15.6 Å². The van der Waals surface area contributed by atoms with Crippen molar-refractivity contribution in [2.24, 2.45) is 0 Å². The summed E-state index contributed by atoms with van der Waals surface area (Å²) < 4.78 is 4.74. The second-order valence-corrected chi connectivity index (χ2v) is 2.66. The fourth-order valence-electron chi connectivity index (χ4n) is 0.984. The minimum atomic E-state index is -0.547. The van der Waals surface area contributed by atoms with Crippen molar-refractivity contribution < 1.29 is 14.6 Å². The van der Waals surface area contributed by atoms with Crippen LogP contribution in [0.5, 0.6) is 0 Å². The number of esters is 1. The minimum absolute atomic E-state index is 0.0871. The smallest absolute Gasteiger partial charge is 0.359 e. The van der Waals surface area contributed by atoms with Gasteiger partial charge in [-0.15, -0.1) is 0 Å². The Balaban J connectivity index is 2.94. The van der Waals surface area contributed by atoms with E-state index in [1.165, 1.54) is 12.3 Å². The van der Waals surface area contributed by atoms with Crippen LogP contribution in [0, 0.1) is 0 Å². The van der Waals surface area contributed by atoms with Gasteiger partial charge >= 0.3 is 5.97 Å². The van der Waals surface area contributed by atoms with Gasteiger partial charge in [0.15, 0.2) is 5.69 Å². The molecule has 0 amide bonds. The van der Waals surface area contributed by atoms with Crippen molar-refractivity contribution in [2.45, 2.75) is 13.5 Å². The zero-order valence-electron chi connectivity index (χ0n) is 7.86. The normalized spacial score (nSPS) is 9.86. The molecule has 1 aromatic rings. The highest BCUT2D eigenvalue weighted by atomic mass is 16.5. The molecule has 0 fully saturated rings. The number of rotatable bonds is 3. The summed E-state index contributed by atoms with van der Waals surface area (Å²) in [7, 11) is 0. The molecule has 0 aliphatic heterocycles. The number of hydrogen-bond donors (Lipinski definition) is 2. The van der Waals surface area contributed by atoms with Crippen LogP contribution < -0.4 is 5.73 Å². The van der Waals surface area contributed by atoms with Crippen LogP contribution in [0.2, 0.25) is 0 Å². The molecular weight excluding hydrogens is 184 g/mol. The number of pyridine rings is 1. The number of ether oxygens (including phenoxy) is 1. The molecule has 1 heterocycles. The number of nitrogens with two attached hydrogens (primary N) is 1. The van der Waals surface area contributed by atoms with Crippen LogP contribution >= 0.6 is 0 Å². The number of carbonyl (C=O) groups excluding carboxylic acids is 1. The topological polar surface area (TPSA) is 85.4 Å². The van der Waals surface area contributed by atoms with Gasteiger partial charge in [-0.25, -0.2) is 9.78 Å². The molecule has 0 aliphatic carbocycles. The molecule has 76 valence electrons. The number of nitrogens with zero attached hydrogens (tertiary/aromatic N) is 1. The molecule has 5 heteroatoms. The molecule has 0 aliphatic rings. The van der Waals surface area contributed by atoms with Crippen molar-refractivity contribution in [3.05, 3.63) is 23.5 Å². The van der Waals surface area contributed by atoms with Gasteiger partial charge in [-0.3, -0.25) is 0 Å². The Hall–Kier alpha value is -1.62. The SMILES string of the molecule is CCOC(=O)c1ncc(CO)cc1N. The van der Waals surface area contributed by atoms with Crippen molar-refractivity contribution in [1.29, 1.82) is 0 Å². The predicted octanol–water partition coefficient (Wildman–Crippen LogP) is 0.333. The maximum Gasteiger partial charge on any atom is 0.359 e. The van der Waals surface area contributed by atoms with Gasteiger partial charge in [0.05, 0.1) is 18.9 Å². The van der Waals surface area contributed by atoms with Gasteiger partial charge in [0.1, 0.15) is 0 Å². The monoisotopic (exact) mass is 196 g/mol. The number of aromatic nitrogens is 1. The van der Waals surface area contributed by atoms with Gasteiger partial charge in [-0.2, -0.15) is 0 Å². The van der Waals surface area contributed by atoms with Gasteiger partial charge in [0.2, 0.25) is 0 Å². The van der Waals surface area contributed by atoms with Gasteiger partial charge in [-0.05, 0) is 18.6 Å². The highest BCUT2D eigenvalue weighted by Crippen LogP contribution is 2.12. The van der Waals surface area contributed by atoms with Gasteiger partial charge in [0.25, 0.3) is 0 Å². The molecule has 0 saturated carbocycles. The summed E-state index contributed by atoms with van der Waals surface area (Å²) >= 11 is 0. The largest absolute Gasteiger partial charge is 0.461 e. The van der Waals surface area contributed by atoms with Gasteiger partial charge in [0, 0.05) is 6.20 Å². The lowest BCUT2D eigenvalue weighted by molar-refractivity contribution is 0.0520. The third-order valence-corrected chi connectivity index (χ3v) is 1.63. The number of aliphatic hydroxyl groups excluding tert-OH is 1. The van der Waals surface area contributed by atoms with Crippen LogP contribution in [-0.4, -0.2) is 22.7 Å². The van der Waals surface area contributed by atoms with Crippen molar-refractivity contribution >= 4 is 11.7 Å². The zero-order valence-corrected chi connectivity index (χ0v) is 7.86. The van der Waals surface area contributed by atoms with Crippen LogP contribution in [0.4, 0.5) is 5.69 Å². The molecular formula is C9H12N2O3. The molecule has 3 N–H and O–H groups in total. The lowest BCUT2D eigenvalue weighted by Gasteiger charge is -2.04. The number of hydrogen-bond acceptors (Lipinski definition) is 5. The quantitative estimate of drug-likeness (QED) is 0.680. The first kappa shape index (κ1) is 10.5. The maximum absolute atomic E-state index is 11.2. The summed E-state index contributed by atoms with van der Waals surface area (Å²) in [4.78, 5) is 15.0. The number of nitrogen functional groups attached to an aromatic ring is 1. The van der Waals surface area contributed by atoms with Crippen LogP contribution in [0.15, 0.2) is 12.3 Å². The molecule has 0 unspecified atom stereocenters. The molecule has 5 nitrogen and oxygen atoms in total. The second-order valence-electron chi connectivity index (χ2n) is 2.66. The highest BCUT2D eigenvalue weighted by molar-refractivity contribution is 5.92. The lowest BCUT2D eigenvalue weighted by atomic mass is 10.2. The van der Waals surface area contributed by atoms with Crippen LogP contribution in [-0.2, 0) is 11.3 Å². The summed E-state index contributed by atoms with van der Waals surface area (Å²) in [5, 5.41) is 8.78. The summed E-state index contributed by atoms with van der Waals surface area (Å²) in [6, 6.07) is 1.50. The van der Waals surface area contributed by atoms with Crippen molar-refractivity contribution in [3.8, 4) is 0 Å². The first-order valence-corrected chi connectivity index (χ1v) is 4.21. The standard InChI is InChI=1S/C9H12N2O3/c1-2-14-9(13)8-7(10)3-6(5-12)4-11-8/h3-4,12H,2,5,10H2,1H3. The molecule has 0 spiro atoms. The summed E-state index contributed by atoms with van der Waals surface area (Å²) in [5.74, 6) is -0.547. The minimum Gasteiger partial charge on any atom is -0.461 e. The van der Waals surface area contributed by atoms with Crippen LogP contribution in [0.1, 0.15) is 23.0 Å². The fourth-order valence-corrected chi connectivity index (χ4v) is 0.984. The Morgan fingerprint density at radius 3 is 2.93 bits per heavy atom. The van der Waals surface area contributed by atoms with E-state index in [4.69, 9.17) is 15.6 Å². The molecule has 0 radical (unpaired) electrons. The number of anilines is 1. The first-order valence-electron chi connectivity index (χ1n) is 4.21. The van der Waals surface area contributed by atoms with Crippen molar-refractivity contribution in [1.82, 2.24) is 4.98 Å². The average Bonchev–Trinajstić information content (AvgIpc) is 2.17. The molecule has 1 rings (SSSR count).